The van der Waals surface area contributed by atoms with Crippen LogP contribution in [0.1, 0.15) is 0 Å². The molecule has 0 aromatic rings. The van der Waals surface area contributed by atoms with E-state index in [4.69, 9.17) is 0 Å². The van der Waals surface area contributed by atoms with Gasteiger partial charge in [0.25, 0.3) is 0 Å². The molecule has 0 N–H and O–H groups in total. The molecule has 0 radical (unpaired) electrons. The lowest BCUT2D eigenvalue weighted by Gasteiger charge is -2.17. The fraction of sp³-hybridized carbons (Fsp3) is 0.545. The molecule has 0 aliphatic carbocycles. The van der Waals surface area contributed by atoms with Crippen LogP contribution >= 0.6 is 0 Å². The Kier molecular flexibility index (Phi) is 8.76. The van der Waals surface area contributed by atoms with Crippen molar-refractivity contribution in [2.45, 2.75) is 78.6 Å². The van der Waals surface area contributed by atoms with Gasteiger partial charge in [-0.25, -0.2) is 0 Å². The Labute approximate surface area is 167 Å². The van der Waals surface area contributed by atoms with E-state index in [1.165, 1.54) is 0 Å². The first-order valence-corrected chi connectivity index (χ1v) is 23.2. The Balaban J connectivity index is 6.54. The molecule has 0 aromatic heterocycles. The molecular weight excluding hydrogens is 377 g/mol. The van der Waals surface area contributed by atoms with Gasteiger partial charge in [0.1, 0.15) is 24.2 Å². The molecule has 0 atom stereocenters. The van der Waals surface area contributed by atoms with Crippen LogP contribution in [0.15, 0.2) is 10.8 Å². The maximum atomic E-state index is 3.49. The summed E-state index contributed by atoms with van der Waals surface area (Å²) in [4.78, 5) is 0. The van der Waals surface area contributed by atoms with E-state index in [0.717, 1.165) is 10.8 Å². The number of hydrogen-bond donors (Lipinski definition) is 0. The van der Waals surface area contributed by atoms with Crippen molar-refractivity contribution in [3.05, 3.63) is 10.8 Å². The normalized spacial score (nSPS) is 11.4. The first kappa shape index (κ1) is 24.8. The largest absolute Gasteiger partial charge is 0.130 e. The van der Waals surface area contributed by atoms with E-state index >= 15 is 0 Å². The average molecular weight is 413 g/mol. The van der Waals surface area contributed by atoms with E-state index in [0.29, 0.717) is 0 Å². The summed E-state index contributed by atoms with van der Waals surface area (Å²) >= 11 is 0. The van der Waals surface area contributed by atoms with Crippen molar-refractivity contribution in [2.24, 2.45) is 0 Å². The van der Waals surface area contributed by atoms with Crippen LogP contribution < -0.4 is 0 Å². The van der Waals surface area contributed by atoms with Crippen LogP contribution in [0.25, 0.3) is 0 Å². The van der Waals surface area contributed by atoms with Crippen LogP contribution in [0, 0.1) is 46.2 Å². The predicted octanol–water partition coefficient (Wildman–Crippen LogP) is 5.81. The molecule has 0 aromatic carbocycles. The smallest absolute Gasteiger partial charge is 0.126 e. The molecule has 0 spiro atoms. The highest BCUT2D eigenvalue weighted by Crippen LogP contribution is 2.18. The summed E-state index contributed by atoms with van der Waals surface area (Å²) in [6.45, 7) is 27.3. The van der Waals surface area contributed by atoms with Gasteiger partial charge in [-0.1, -0.05) is 96.3 Å². The van der Waals surface area contributed by atoms with Crippen molar-refractivity contribution in [3.8, 4) is 46.2 Å². The Morgan fingerprint density at radius 3 is 1.15 bits per heavy atom. The van der Waals surface area contributed by atoms with Gasteiger partial charge in [-0.05, 0) is 11.8 Å². The summed E-state index contributed by atoms with van der Waals surface area (Å²) in [5, 5.41) is 1.15. The molecular formula is C22H36Si4. The molecule has 0 rings (SSSR count). The fourth-order valence-corrected chi connectivity index (χ4v) is 4.34. The molecule has 0 saturated carbocycles. The minimum atomic E-state index is -1.66. The third-order valence-electron chi connectivity index (χ3n) is 2.81. The average Bonchev–Trinajstić information content (AvgIpc) is 2.35. The molecule has 0 fully saturated rings. The second-order valence-corrected chi connectivity index (χ2v) is 30.0. The number of hydrogen-bond acceptors (Lipinski definition) is 0. The maximum Gasteiger partial charge on any atom is 0.130 e. The molecule has 0 nitrogen and oxygen atoms in total. The lowest BCUT2D eigenvalue weighted by Crippen LogP contribution is -2.25. The molecule has 0 aliphatic heterocycles. The Bertz CT molecular complexity index is 752. The van der Waals surface area contributed by atoms with Crippen LogP contribution in [0.5, 0.6) is 0 Å². The maximum absolute atomic E-state index is 3.49. The summed E-state index contributed by atoms with van der Waals surface area (Å²) in [6.07, 6.45) is 0. The van der Waals surface area contributed by atoms with E-state index in [-0.39, 0.29) is 0 Å². The minimum absolute atomic E-state index is 0.955. The van der Waals surface area contributed by atoms with E-state index in [1.807, 2.05) is 0 Å². The van der Waals surface area contributed by atoms with Crippen molar-refractivity contribution in [3.63, 3.8) is 0 Å². The lowest BCUT2D eigenvalue weighted by atomic mass is 10.2. The van der Waals surface area contributed by atoms with Gasteiger partial charge in [0, 0.05) is 5.20 Å². The van der Waals surface area contributed by atoms with Crippen LogP contribution in [0.4, 0.5) is 0 Å². The summed E-state index contributed by atoms with van der Waals surface area (Å²) in [6, 6.07) is 0. The van der Waals surface area contributed by atoms with Crippen molar-refractivity contribution in [1.82, 2.24) is 0 Å². The van der Waals surface area contributed by atoms with Gasteiger partial charge in [0.15, 0.2) is 0 Å². The molecule has 26 heavy (non-hydrogen) atoms. The van der Waals surface area contributed by atoms with Crippen molar-refractivity contribution in [2.75, 3.05) is 0 Å². The summed E-state index contributed by atoms with van der Waals surface area (Å²) in [5.74, 6) is 16.4. The molecule has 0 unspecified atom stereocenters. The van der Waals surface area contributed by atoms with Crippen molar-refractivity contribution >= 4 is 32.3 Å². The van der Waals surface area contributed by atoms with E-state index in [9.17, 15) is 0 Å². The summed E-state index contributed by atoms with van der Waals surface area (Å²) in [7, 11) is -6.00. The van der Waals surface area contributed by atoms with Crippen molar-refractivity contribution in [1.29, 1.82) is 0 Å². The van der Waals surface area contributed by atoms with E-state index < -0.39 is 32.3 Å². The predicted molar refractivity (Wildman–Crippen MR) is 132 cm³/mol. The van der Waals surface area contributed by atoms with Crippen LogP contribution in [-0.2, 0) is 0 Å². The second kappa shape index (κ2) is 9.17. The van der Waals surface area contributed by atoms with Crippen molar-refractivity contribution < 1.29 is 0 Å². The zero-order valence-electron chi connectivity index (χ0n) is 19.0. The highest BCUT2D eigenvalue weighted by atomic mass is 28.3. The Hall–Kier alpha value is -1.15. The van der Waals surface area contributed by atoms with E-state index in [2.05, 4.69) is 125 Å². The SMILES string of the molecule is C[Si](C)(C)C#CC#CC(=C(C#C[Si](C)(C)C)C#C[Si](C)(C)C)[Si](C)(C)C. The Morgan fingerprint density at radius 1 is 0.462 bits per heavy atom. The van der Waals surface area contributed by atoms with Gasteiger partial charge in [-0.15, -0.1) is 16.6 Å². The van der Waals surface area contributed by atoms with Gasteiger partial charge in [0.05, 0.1) is 13.6 Å². The lowest BCUT2D eigenvalue weighted by molar-refractivity contribution is 1.65. The van der Waals surface area contributed by atoms with E-state index in [1.54, 1.807) is 0 Å². The fourth-order valence-electron chi connectivity index (χ4n) is 1.59. The molecule has 0 amide bonds. The van der Waals surface area contributed by atoms with Gasteiger partial charge >= 0.3 is 0 Å². The van der Waals surface area contributed by atoms with Crippen LogP contribution in [0.3, 0.4) is 0 Å². The molecule has 0 bridgehead atoms. The first-order valence-electron chi connectivity index (χ1n) is 9.25. The van der Waals surface area contributed by atoms with Gasteiger partial charge in [-0.3, -0.25) is 0 Å². The molecule has 140 valence electrons. The molecule has 0 aliphatic rings. The zero-order chi connectivity index (χ0) is 20.8. The molecule has 0 saturated heterocycles. The quantitative estimate of drug-likeness (QED) is 0.377. The Morgan fingerprint density at radius 2 is 0.846 bits per heavy atom. The topological polar surface area (TPSA) is 0 Å². The summed E-state index contributed by atoms with van der Waals surface area (Å²) in [5.41, 5.74) is 11.3. The van der Waals surface area contributed by atoms with Crippen LogP contribution in [0.2, 0.25) is 78.6 Å². The minimum Gasteiger partial charge on any atom is -0.126 e. The second-order valence-electron chi connectivity index (χ2n) is 10.8. The third kappa shape index (κ3) is 13.1. The third-order valence-corrected chi connectivity index (χ3v) is 7.31. The van der Waals surface area contributed by atoms with Crippen LogP contribution in [-0.4, -0.2) is 32.3 Å². The first-order chi connectivity index (χ1) is 11.4. The monoisotopic (exact) mass is 412 g/mol. The number of allylic oxidation sites excluding steroid dienone is 2. The highest BCUT2D eigenvalue weighted by molar-refractivity contribution is 6.86. The standard InChI is InChI=1S/C22H36Si4/c1-23(2,3)18-14-13-15-22(26(10,11)12)21(16-19-24(4,5)6)17-20-25(7,8)9/h1-12H3. The molecule has 4 heteroatoms. The van der Waals surface area contributed by atoms with Gasteiger partial charge in [0.2, 0.25) is 0 Å². The number of rotatable bonds is 1. The molecule has 0 heterocycles. The van der Waals surface area contributed by atoms with Gasteiger partial charge in [-0.2, -0.15) is 0 Å². The zero-order valence-corrected chi connectivity index (χ0v) is 23.0. The highest BCUT2D eigenvalue weighted by Gasteiger charge is 2.22. The van der Waals surface area contributed by atoms with Gasteiger partial charge < -0.3 is 0 Å². The summed E-state index contributed by atoms with van der Waals surface area (Å²) < 4.78 is 0.